The van der Waals surface area contributed by atoms with Gasteiger partial charge in [-0.05, 0) is 0 Å². The van der Waals surface area contributed by atoms with Crippen LogP contribution in [0.25, 0.3) is 0 Å². The third kappa shape index (κ3) is 1.75. The zero-order valence-corrected chi connectivity index (χ0v) is 6.53. The van der Waals surface area contributed by atoms with Crippen LogP contribution in [0, 0.1) is 0 Å². The lowest BCUT2D eigenvalue weighted by molar-refractivity contribution is 0.644. The number of nitrogens with zero attached hydrogens (tertiary/aromatic N) is 2. The Morgan fingerprint density at radius 1 is 1.67 bits per heavy atom. The number of rotatable bonds is 0. The molecule has 9 heavy (non-hydrogen) atoms. The quantitative estimate of drug-likeness (QED) is 0.321. The molecule has 50 valence electrons. The van der Waals surface area contributed by atoms with E-state index in [1.54, 1.807) is 0 Å². The highest BCUT2D eigenvalue weighted by atomic mass is 35.5. The summed E-state index contributed by atoms with van der Waals surface area (Å²) in [6, 6.07) is 0. The van der Waals surface area contributed by atoms with Crippen LogP contribution in [0.15, 0.2) is 16.3 Å². The van der Waals surface area contributed by atoms with E-state index in [1.807, 2.05) is 0 Å². The summed E-state index contributed by atoms with van der Waals surface area (Å²) in [4.78, 5) is 3.70. The maximum absolute atomic E-state index is 5.57. The van der Waals surface area contributed by atoms with E-state index in [1.165, 1.54) is 16.8 Å². The second kappa shape index (κ2) is 2.78. The van der Waals surface area contributed by atoms with Crippen LogP contribution in [0.3, 0.4) is 0 Å². The molecule has 0 aromatic carbocycles. The highest BCUT2D eigenvalue weighted by Crippen LogP contribution is 2.17. The predicted octanol–water partition coefficient (Wildman–Crippen LogP) is 2.13. The van der Waals surface area contributed by atoms with Crippen LogP contribution < -0.4 is 0 Å². The lowest BCUT2D eigenvalue weighted by Crippen LogP contribution is -2.20. The zero-order chi connectivity index (χ0) is 6.85. The number of hydrogen-bond donors (Lipinski definition) is 0. The molecule has 1 atom stereocenters. The van der Waals surface area contributed by atoms with Gasteiger partial charge in [0, 0.05) is 18.0 Å². The van der Waals surface area contributed by atoms with Crippen LogP contribution in [-0.4, -0.2) is 16.1 Å². The van der Waals surface area contributed by atoms with Crippen molar-refractivity contribution in [1.29, 1.82) is 0 Å². The Morgan fingerprint density at radius 2 is 2.33 bits per heavy atom. The smallest absolute Gasteiger partial charge is 0.154 e. The van der Waals surface area contributed by atoms with Crippen molar-refractivity contribution in [3.63, 3.8) is 0 Å². The summed E-state index contributed by atoms with van der Waals surface area (Å²) in [6.45, 7) is 0. The first-order valence-electron chi connectivity index (χ1n) is 2.20. The van der Waals surface area contributed by atoms with Gasteiger partial charge in [0.15, 0.2) is 5.50 Å². The standard InChI is InChI=1S/C4H3Cl3N2/c5-3-2-9(7)4(6)1-8-3/h1-2,4H. The second-order valence-corrected chi connectivity index (χ2v) is 2.67. The Labute approximate surface area is 67.8 Å². The topological polar surface area (TPSA) is 15.6 Å². The van der Waals surface area contributed by atoms with E-state index in [0.29, 0.717) is 5.16 Å². The molecule has 1 unspecified atom stereocenters. The summed E-state index contributed by atoms with van der Waals surface area (Å²) >= 11 is 16.5. The van der Waals surface area contributed by atoms with Gasteiger partial charge in [-0.25, -0.2) is 4.99 Å². The summed E-state index contributed by atoms with van der Waals surface area (Å²) in [5, 5.41) is 0.335. The van der Waals surface area contributed by atoms with Gasteiger partial charge < -0.3 is 0 Å². The molecule has 0 aromatic heterocycles. The number of hydrogen-bond acceptors (Lipinski definition) is 2. The van der Waals surface area contributed by atoms with Crippen molar-refractivity contribution in [2.75, 3.05) is 0 Å². The van der Waals surface area contributed by atoms with Gasteiger partial charge in [0.1, 0.15) is 5.16 Å². The average molecular weight is 185 g/mol. The van der Waals surface area contributed by atoms with Crippen molar-refractivity contribution < 1.29 is 0 Å². The molecule has 0 aromatic rings. The van der Waals surface area contributed by atoms with Crippen molar-refractivity contribution in [2.24, 2.45) is 4.99 Å². The van der Waals surface area contributed by atoms with Crippen molar-refractivity contribution in [2.45, 2.75) is 5.50 Å². The third-order valence-electron chi connectivity index (χ3n) is 0.786. The highest BCUT2D eigenvalue weighted by Gasteiger charge is 2.11. The van der Waals surface area contributed by atoms with Gasteiger partial charge in [-0.1, -0.05) is 23.2 Å². The van der Waals surface area contributed by atoms with Crippen molar-refractivity contribution >= 4 is 41.2 Å². The normalized spacial score (nSPS) is 26.3. The fourth-order valence-corrected chi connectivity index (χ4v) is 0.870. The molecule has 0 fully saturated rings. The molecule has 0 amide bonds. The highest BCUT2D eigenvalue weighted by molar-refractivity contribution is 6.35. The summed E-state index contributed by atoms with van der Waals surface area (Å²) in [5.41, 5.74) is -0.394. The van der Waals surface area contributed by atoms with Crippen molar-refractivity contribution in [3.05, 3.63) is 11.4 Å². The van der Waals surface area contributed by atoms with Gasteiger partial charge in [-0.3, -0.25) is 4.42 Å². The molecule has 0 spiro atoms. The van der Waals surface area contributed by atoms with Crippen LogP contribution in [0.2, 0.25) is 0 Å². The van der Waals surface area contributed by atoms with E-state index in [4.69, 9.17) is 35.0 Å². The summed E-state index contributed by atoms with van der Waals surface area (Å²) in [7, 11) is 0. The third-order valence-corrected chi connectivity index (χ3v) is 1.71. The minimum atomic E-state index is -0.394. The Bertz CT molecular complexity index is 165. The van der Waals surface area contributed by atoms with E-state index in [-0.39, 0.29) is 0 Å². The first-order chi connectivity index (χ1) is 4.20. The molecule has 0 bridgehead atoms. The lowest BCUT2D eigenvalue weighted by atomic mass is 10.6. The molecule has 0 N–H and O–H groups in total. The molecule has 0 saturated carbocycles. The predicted molar refractivity (Wildman–Crippen MR) is 39.8 cm³/mol. The Balaban J connectivity index is 2.70. The summed E-state index contributed by atoms with van der Waals surface area (Å²) < 4.78 is 1.25. The van der Waals surface area contributed by atoms with E-state index >= 15 is 0 Å². The van der Waals surface area contributed by atoms with Crippen LogP contribution in [0.1, 0.15) is 0 Å². The van der Waals surface area contributed by atoms with Crippen molar-refractivity contribution in [1.82, 2.24) is 4.42 Å². The van der Waals surface area contributed by atoms with Crippen LogP contribution in [-0.2, 0) is 0 Å². The van der Waals surface area contributed by atoms with Gasteiger partial charge >= 0.3 is 0 Å². The van der Waals surface area contributed by atoms with Crippen LogP contribution >= 0.6 is 35.0 Å². The Hall–Kier alpha value is 0.0800. The van der Waals surface area contributed by atoms with Gasteiger partial charge in [-0.2, -0.15) is 0 Å². The first-order valence-corrected chi connectivity index (χ1v) is 3.35. The van der Waals surface area contributed by atoms with E-state index in [9.17, 15) is 0 Å². The fourth-order valence-electron chi connectivity index (χ4n) is 0.403. The molecule has 1 heterocycles. The minimum absolute atomic E-state index is 0.335. The zero-order valence-electron chi connectivity index (χ0n) is 4.26. The molecule has 5 heteroatoms. The SMILES string of the molecule is ClC1=CN(Cl)C(Cl)C=N1. The fraction of sp³-hybridized carbons (Fsp3) is 0.250. The lowest BCUT2D eigenvalue weighted by Gasteiger charge is -2.16. The molecular formula is C4H3Cl3N2. The molecule has 0 radical (unpaired) electrons. The van der Waals surface area contributed by atoms with Gasteiger partial charge in [0.25, 0.3) is 0 Å². The van der Waals surface area contributed by atoms with E-state index in [0.717, 1.165) is 0 Å². The number of aliphatic imine (C=N–C) groups is 1. The minimum Gasteiger partial charge on any atom is -0.266 e. The number of alkyl halides is 1. The van der Waals surface area contributed by atoms with Gasteiger partial charge in [0.05, 0.1) is 6.20 Å². The largest absolute Gasteiger partial charge is 0.266 e. The monoisotopic (exact) mass is 184 g/mol. The van der Waals surface area contributed by atoms with Crippen LogP contribution in [0.4, 0.5) is 0 Å². The summed E-state index contributed by atoms with van der Waals surface area (Å²) in [6.07, 6.45) is 2.90. The summed E-state index contributed by atoms with van der Waals surface area (Å²) in [5.74, 6) is 0. The van der Waals surface area contributed by atoms with Gasteiger partial charge in [0.2, 0.25) is 0 Å². The average Bonchev–Trinajstić information content (AvgIpc) is 1.80. The van der Waals surface area contributed by atoms with E-state index < -0.39 is 5.50 Å². The number of halogens is 3. The molecule has 2 nitrogen and oxygen atoms in total. The molecule has 1 rings (SSSR count). The van der Waals surface area contributed by atoms with Gasteiger partial charge in [-0.15, -0.1) is 0 Å². The molecule has 1 aliphatic heterocycles. The van der Waals surface area contributed by atoms with E-state index in [2.05, 4.69) is 4.99 Å². The first kappa shape index (κ1) is 7.19. The maximum Gasteiger partial charge on any atom is 0.154 e. The maximum atomic E-state index is 5.57. The molecular weight excluding hydrogens is 182 g/mol. The van der Waals surface area contributed by atoms with Crippen LogP contribution in [0.5, 0.6) is 0 Å². The molecule has 1 aliphatic rings. The van der Waals surface area contributed by atoms with Crippen molar-refractivity contribution in [3.8, 4) is 0 Å². The Kier molecular flexibility index (Phi) is 2.22. The molecule has 0 aliphatic carbocycles. The molecule has 0 saturated heterocycles. The second-order valence-electron chi connectivity index (χ2n) is 1.45. The Morgan fingerprint density at radius 3 is 2.78 bits per heavy atom.